The summed E-state index contributed by atoms with van der Waals surface area (Å²) in [6, 6.07) is 6.71. The van der Waals surface area contributed by atoms with Crippen molar-refractivity contribution in [3.8, 4) is 0 Å². The van der Waals surface area contributed by atoms with Gasteiger partial charge in [0.2, 0.25) is 0 Å². The van der Waals surface area contributed by atoms with Crippen LogP contribution < -0.4 is 10.6 Å². The zero-order valence-corrected chi connectivity index (χ0v) is 11.1. The van der Waals surface area contributed by atoms with Crippen molar-refractivity contribution in [2.75, 3.05) is 19.0 Å². The fourth-order valence-corrected chi connectivity index (χ4v) is 1.54. The molecule has 1 unspecified atom stereocenters. The van der Waals surface area contributed by atoms with Crippen LogP contribution in [0.4, 0.5) is 10.5 Å². The van der Waals surface area contributed by atoms with Crippen LogP contribution in [0.3, 0.4) is 0 Å². The van der Waals surface area contributed by atoms with Crippen molar-refractivity contribution in [2.24, 2.45) is 0 Å². The number of carbonyl (C=O) groups excluding carboxylic acids is 1. The Hall–Kier alpha value is -2.12. The number of rotatable bonds is 7. The molecule has 2 amide bonds. The molecule has 0 saturated heterocycles. The Morgan fingerprint density at radius 1 is 1.35 bits per heavy atom. The second kappa shape index (κ2) is 8.13. The minimum atomic E-state index is -1.48. The van der Waals surface area contributed by atoms with E-state index >= 15 is 0 Å². The zero-order chi connectivity index (χ0) is 15.0. The van der Waals surface area contributed by atoms with Gasteiger partial charge in [-0.05, 0) is 6.07 Å². The van der Waals surface area contributed by atoms with Gasteiger partial charge in [-0.15, -0.1) is 0 Å². The first-order valence-electron chi connectivity index (χ1n) is 6.07. The van der Waals surface area contributed by atoms with Crippen LogP contribution in [0.15, 0.2) is 24.3 Å². The highest BCUT2D eigenvalue weighted by molar-refractivity contribution is 5.90. The van der Waals surface area contributed by atoms with Crippen LogP contribution >= 0.6 is 0 Å². The number of carbonyl (C=O) groups is 2. The summed E-state index contributed by atoms with van der Waals surface area (Å²) in [7, 11) is 1.56. The van der Waals surface area contributed by atoms with E-state index in [1.165, 1.54) is 0 Å². The standard InChI is InChI=1S/C13H18N2O5/c1-20-8-9-4-2-3-5-10(9)15-13(19)14-7-6-11(16)12(17)18/h2-5,11,16H,6-8H2,1H3,(H,17,18)(H2,14,15,19). The maximum absolute atomic E-state index is 11.6. The molecule has 110 valence electrons. The number of anilines is 1. The third-order valence-corrected chi connectivity index (χ3v) is 2.55. The number of hydrogen-bond acceptors (Lipinski definition) is 4. The molecule has 1 rings (SSSR count). The number of aliphatic hydroxyl groups is 1. The van der Waals surface area contributed by atoms with E-state index in [4.69, 9.17) is 14.9 Å². The predicted octanol–water partition coefficient (Wildman–Crippen LogP) is 0.790. The SMILES string of the molecule is COCc1ccccc1NC(=O)NCCC(O)C(=O)O. The summed E-state index contributed by atoms with van der Waals surface area (Å²) in [5.41, 5.74) is 1.45. The van der Waals surface area contributed by atoms with Crippen LogP contribution in [0.25, 0.3) is 0 Å². The molecule has 0 aromatic heterocycles. The molecule has 7 heteroatoms. The lowest BCUT2D eigenvalue weighted by molar-refractivity contribution is -0.146. The van der Waals surface area contributed by atoms with Crippen molar-refractivity contribution in [1.29, 1.82) is 0 Å². The first kappa shape index (κ1) is 15.9. The first-order valence-corrected chi connectivity index (χ1v) is 6.07. The van der Waals surface area contributed by atoms with Gasteiger partial charge in [0.25, 0.3) is 0 Å². The van der Waals surface area contributed by atoms with E-state index in [1.807, 2.05) is 12.1 Å². The molecule has 1 aromatic carbocycles. The molecule has 0 bridgehead atoms. The molecule has 0 aliphatic rings. The molecule has 0 heterocycles. The van der Waals surface area contributed by atoms with Gasteiger partial charge in [-0.3, -0.25) is 0 Å². The van der Waals surface area contributed by atoms with Crippen LogP contribution in [0.2, 0.25) is 0 Å². The lowest BCUT2D eigenvalue weighted by Gasteiger charge is -2.12. The number of aliphatic hydroxyl groups excluding tert-OH is 1. The summed E-state index contributed by atoms with van der Waals surface area (Å²) in [6.45, 7) is 0.430. The number of urea groups is 1. The molecule has 1 aromatic rings. The summed E-state index contributed by atoms with van der Waals surface area (Å²) >= 11 is 0. The normalized spacial score (nSPS) is 11.7. The van der Waals surface area contributed by atoms with Gasteiger partial charge in [-0.25, -0.2) is 9.59 Å². The molecule has 0 fully saturated rings. The van der Waals surface area contributed by atoms with Gasteiger partial charge in [0, 0.05) is 31.3 Å². The lowest BCUT2D eigenvalue weighted by atomic mass is 10.2. The van der Waals surface area contributed by atoms with Crippen LogP contribution in [-0.2, 0) is 16.1 Å². The van der Waals surface area contributed by atoms with Crippen molar-refractivity contribution >= 4 is 17.7 Å². The van der Waals surface area contributed by atoms with Crippen LogP contribution in [0, 0.1) is 0 Å². The van der Waals surface area contributed by atoms with Gasteiger partial charge in [-0.1, -0.05) is 18.2 Å². The predicted molar refractivity (Wildman–Crippen MR) is 72.4 cm³/mol. The molecule has 1 atom stereocenters. The van der Waals surface area contributed by atoms with Gasteiger partial charge in [-0.2, -0.15) is 0 Å². The van der Waals surface area contributed by atoms with E-state index < -0.39 is 18.1 Å². The quantitative estimate of drug-likeness (QED) is 0.591. The smallest absolute Gasteiger partial charge is 0.332 e. The van der Waals surface area contributed by atoms with Gasteiger partial charge < -0.3 is 25.6 Å². The summed E-state index contributed by atoms with van der Waals surface area (Å²) < 4.78 is 5.02. The molecule has 0 saturated carbocycles. The number of benzene rings is 1. The van der Waals surface area contributed by atoms with Gasteiger partial charge >= 0.3 is 12.0 Å². The van der Waals surface area contributed by atoms with Crippen LogP contribution in [0.1, 0.15) is 12.0 Å². The van der Waals surface area contributed by atoms with E-state index in [0.717, 1.165) is 5.56 Å². The maximum atomic E-state index is 11.6. The molecule has 0 aliphatic carbocycles. The Balaban J connectivity index is 2.44. The summed E-state index contributed by atoms with van der Waals surface area (Å²) in [5, 5.41) is 22.7. The second-order valence-electron chi connectivity index (χ2n) is 4.11. The highest BCUT2D eigenvalue weighted by Gasteiger charge is 2.13. The van der Waals surface area contributed by atoms with E-state index in [-0.39, 0.29) is 13.0 Å². The molecule has 4 N–H and O–H groups in total. The number of aliphatic carboxylic acids is 1. The molecule has 0 radical (unpaired) electrons. The Bertz CT molecular complexity index is 464. The van der Waals surface area contributed by atoms with Crippen LogP contribution in [-0.4, -0.2) is 42.0 Å². The third kappa shape index (κ3) is 5.25. The summed E-state index contributed by atoms with van der Waals surface area (Å²) in [6.07, 6.45) is -1.53. The molecule has 0 spiro atoms. The maximum Gasteiger partial charge on any atom is 0.332 e. The number of ether oxygens (including phenoxy) is 1. The van der Waals surface area contributed by atoms with E-state index in [1.54, 1.807) is 19.2 Å². The minimum absolute atomic E-state index is 0.0531. The number of amides is 2. The minimum Gasteiger partial charge on any atom is -0.479 e. The monoisotopic (exact) mass is 282 g/mol. The average Bonchev–Trinajstić information content (AvgIpc) is 2.41. The average molecular weight is 282 g/mol. The van der Waals surface area contributed by atoms with Gasteiger partial charge in [0.05, 0.1) is 6.61 Å². The Labute approximate surface area is 116 Å². The van der Waals surface area contributed by atoms with E-state index in [2.05, 4.69) is 10.6 Å². The number of methoxy groups -OCH3 is 1. The zero-order valence-electron chi connectivity index (χ0n) is 11.1. The second-order valence-corrected chi connectivity index (χ2v) is 4.11. The largest absolute Gasteiger partial charge is 0.479 e. The van der Waals surface area contributed by atoms with Crippen molar-refractivity contribution in [3.63, 3.8) is 0 Å². The van der Waals surface area contributed by atoms with Crippen LogP contribution in [0.5, 0.6) is 0 Å². The Morgan fingerprint density at radius 3 is 2.70 bits per heavy atom. The molecular weight excluding hydrogens is 264 g/mol. The first-order chi connectivity index (χ1) is 9.54. The molecule has 0 aliphatic heterocycles. The van der Waals surface area contributed by atoms with Gasteiger partial charge in [0.1, 0.15) is 0 Å². The number of para-hydroxylation sites is 1. The summed E-state index contributed by atoms with van der Waals surface area (Å²) in [5.74, 6) is -1.31. The fourth-order valence-electron chi connectivity index (χ4n) is 1.54. The Kier molecular flexibility index (Phi) is 6.48. The number of hydrogen-bond donors (Lipinski definition) is 4. The highest BCUT2D eigenvalue weighted by Crippen LogP contribution is 2.15. The van der Waals surface area contributed by atoms with Crippen molar-refractivity contribution in [3.05, 3.63) is 29.8 Å². The van der Waals surface area contributed by atoms with Crippen molar-refractivity contribution in [2.45, 2.75) is 19.1 Å². The van der Waals surface area contributed by atoms with Gasteiger partial charge in [0.15, 0.2) is 6.10 Å². The lowest BCUT2D eigenvalue weighted by Crippen LogP contribution is -2.33. The third-order valence-electron chi connectivity index (χ3n) is 2.55. The number of nitrogens with one attached hydrogen (secondary N) is 2. The Morgan fingerprint density at radius 2 is 2.05 bits per heavy atom. The van der Waals surface area contributed by atoms with E-state index in [9.17, 15) is 9.59 Å². The van der Waals surface area contributed by atoms with E-state index in [0.29, 0.717) is 12.3 Å². The van der Waals surface area contributed by atoms with Crippen molar-refractivity contribution < 1.29 is 24.5 Å². The summed E-state index contributed by atoms with van der Waals surface area (Å²) in [4.78, 5) is 22.0. The number of carboxylic acid groups (broad SMARTS) is 1. The topological polar surface area (TPSA) is 108 Å². The molecular formula is C13H18N2O5. The van der Waals surface area contributed by atoms with Crippen molar-refractivity contribution in [1.82, 2.24) is 5.32 Å². The molecule has 7 nitrogen and oxygen atoms in total. The fraction of sp³-hybridized carbons (Fsp3) is 0.385. The highest BCUT2D eigenvalue weighted by atomic mass is 16.5. The molecule has 20 heavy (non-hydrogen) atoms. The number of carboxylic acids is 1.